The van der Waals surface area contributed by atoms with Crippen LogP contribution in [-0.4, -0.2) is 28.2 Å². The molecule has 0 bridgehead atoms. The van der Waals surface area contributed by atoms with Gasteiger partial charge < -0.3 is 15.3 Å². The third-order valence-electron chi connectivity index (χ3n) is 4.30. The molecule has 122 valence electrons. The summed E-state index contributed by atoms with van der Waals surface area (Å²) in [5, 5.41) is 17.5. The Labute approximate surface area is 140 Å². The van der Waals surface area contributed by atoms with Crippen LogP contribution < -0.4 is 5.32 Å². The lowest BCUT2D eigenvalue weighted by atomic mass is 10.0. The van der Waals surface area contributed by atoms with Crippen LogP contribution in [0.2, 0.25) is 0 Å². The monoisotopic (exact) mass is 330 g/mol. The molecule has 0 unspecified atom stereocenters. The van der Waals surface area contributed by atoms with E-state index in [0.717, 1.165) is 36.9 Å². The molecular formula is C18H22N2O2S. The third-order valence-corrected chi connectivity index (χ3v) is 4.98. The number of nitrogens with zero attached hydrogens (tertiary/aromatic N) is 1. The molecule has 2 amide bonds. The molecule has 1 heterocycles. The minimum Gasteiger partial charge on any atom is -0.388 e. The minimum absolute atomic E-state index is 0.160. The highest BCUT2D eigenvalue weighted by atomic mass is 32.1. The maximum atomic E-state index is 12.7. The highest BCUT2D eigenvalue weighted by Crippen LogP contribution is 2.31. The predicted octanol–water partition coefficient (Wildman–Crippen LogP) is 4.09. The Balaban J connectivity index is 1.73. The molecule has 0 radical (unpaired) electrons. The van der Waals surface area contributed by atoms with Gasteiger partial charge in [-0.15, -0.1) is 0 Å². The first-order valence-electron chi connectivity index (χ1n) is 7.99. The fourth-order valence-corrected chi connectivity index (χ4v) is 3.68. The number of benzene rings is 1. The van der Waals surface area contributed by atoms with Gasteiger partial charge in [-0.1, -0.05) is 43.2 Å². The Bertz CT molecular complexity index is 622. The lowest BCUT2D eigenvalue weighted by Crippen LogP contribution is -2.45. The van der Waals surface area contributed by atoms with E-state index in [0.29, 0.717) is 13.1 Å². The van der Waals surface area contributed by atoms with E-state index in [-0.39, 0.29) is 6.03 Å². The second kappa shape index (κ2) is 7.15. The van der Waals surface area contributed by atoms with Crippen molar-refractivity contribution in [3.63, 3.8) is 0 Å². The van der Waals surface area contributed by atoms with E-state index in [1.807, 2.05) is 47.2 Å². The first-order valence-corrected chi connectivity index (χ1v) is 8.93. The van der Waals surface area contributed by atoms with Gasteiger partial charge in [-0.2, -0.15) is 11.3 Å². The van der Waals surface area contributed by atoms with Gasteiger partial charge in [0.25, 0.3) is 0 Å². The highest BCUT2D eigenvalue weighted by molar-refractivity contribution is 7.08. The van der Waals surface area contributed by atoms with Crippen LogP contribution in [0.5, 0.6) is 0 Å². The molecule has 1 saturated carbocycles. The zero-order valence-electron chi connectivity index (χ0n) is 13.1. The summed E-state index contributed by atoms with van der Waals surface area (Å²) >= 11 is 1.55. The smallest absolute Gasteiger partial charge is 0.322 e. The summed E-state index contributed by atoms with van der Waals surface area (Å²) in [6.45, 7) is 0.872. The van der Waals surface area contributed by atoms with E-state index in [2.05, 4.69) is 5.32 Å². The molecule has 2 N–H and O–H groups in total. The Morgan fingerprint density at radius 2 is 1.96 bits per heavy atom. The van der Waals surface area contributed by atoms with Gasteiger partial charge in [-0.25, -0.2) is 4.79 Å². The molecule has 5 heteroatoms. The van der Waals surface area contributed by atoms with Crippen LogP contribution >= 0.6 is 11.3 Å². The van der Waals surface area contributed by atoms with Gasteiger partial charge >= 0.3 is 6.03 Å². The molecular weight excluding hydrogens is 308 g/mol. The number of thiophene rings is 1. The SMILES string of the molecule is O=C(Nc1ccsc1)N(Cc1ccccc1)CC1(O)CCCC1. The molecule has 2 aromatic rings. The first-order chi connectivity index (χ1) is 11.1. The van der Waals surface area contributed by atoms with Gasteiger partial charge in [0.1, 0.15) is 0 Å². The van der Waals surface area contributed by atoms with Crippen LogP contribution in [0.25, 0.3) is 0 Å². The summed E-state index contributed by atoms with van der Waals surface area (Å²) < 4.78 is 0. The fourth-order valence-electron chi connectivity index (χ4n) is 3.09. The van der Waals surface area contributed by atoms with E-state index >= 15 is 0 Å². The van der Waals surface area contributed by atoms with E-state index in [1.165, 1.54) is 0 Å². The predicted molar refractivity (Wildman–Crippen MR) is 93.6 cm³/mol. The molecule has 1 aromatic carbocycles. The van der Waals surface area contributed by atoms with Crippen LogP contribution in [-0.2, 0) is 6.54 Å². The van der Waals surface area contributed by atoms with Crippen molar-refractivity contribution in [2.75, 3.05) is 11.9 Å². The number of hydrogen-bond donors (Lipinski definition) is 2. The number of carbonyl (C=O) groups is 1. The van der Waals surface area contributed by atoms with Gasteiger partial charge in [-0.05, 0) is 29.9 Å². The van der Waals surface area contributed by atoms with Crippen molar-refractivity contribution < 1.29 is 9.90 Å². The van der Waals surface area contributed by atoms with Gasteiger partial charge in [-0.3, -0.25) is 0 Å². The maximum Gasteiger partial charge on any atom is 0.322 e. The summed E-state index contributed by atoms with van der Waals surface area (Å²) in [5.41, 5.74) is 1.12. The summed E-state index contributed by atoms with van der Waals surface area (Å²) in [7, 11) is 0. The molecule has 3 rings (SSSR count). The Morgan fingerprint density at radius 3 is 2.61 bits per heavy atom. The summed E-state index contributed by atoms with van der Waals surface area (Å²) in [6.07, 6.45) is 3.59. The maximum absolute atomic E-state index is 12.7. The molecule has 1 aliphatic rings. The average molecular weight is 330 g/mol. The lowest BCUT2D eigenvalue weighted by molar-refractivity contribution is 0.0192. The van der Waals surface area contributed by atoms with Crippen molar-refractivity contribution in [2.24, 2.45) is 0 Å². The Kier molecular flexibility index (Phi) is 4.98. The first kappa shape index (κ1) is 16.0. The molecule has 0 atom stereocenters. The summed E-state index contributed by atoms with van der Waals surface area (Å²) in [4.78, 5) is 14.4. The molecule has 0 aliphatic heterocycles. The molecule has 0 spiro atoms. The van der Waals surface area contributed by atoms with E-state index < -0.39 is 5.60 Å². The topological polar surface area (TPSA) is 52.6 Å². The van der Waals surface area contributed by atoms with Crippen molar-refractivity contribution >= 4 is 23.1 Å². The molecule has 23 heavy (non-hydrogen) atoms. The second-order valence-corrected chi connectivity index (χ2v) is 7.00. The molecule has 1 aliphatic carbocycles. The van der Waals surface area contributed by atoms with Crippen molar-refractivity contribution in [3.05, 3.63) is 52.7 Å². The summed E-state index contributed by atoms with van der Waals surface area (Å²) in [5.74, 6) is 0. The van der Waals surface area contributed by atoms with Gasteiger partial charge in [0.2, 0.25) is 0 Å². The van der Waals surface area contributed by atoms with Crippen LogP contribution in [0.15, 0.2) is 47.2 Å². The van der Waals surface area contributed by atoms with Gasteiger partial charge in [0.05, 0.1) is 17.8 Å². The van der Waals surface area contributed by atoms with Crippen LogP contribution in [0, 0.1) is 0 Å². The molecule has 4 nitrogen and oxygen atoms in total. The van der Waals surface area contributed by atoms with E-state index in [4.69, 9.17) is 0 Å². The number of hydrogen-bond acceptors (Lipinski definition) is 3. The number of nitrogens with one attached hydrogen (secondary N) is 1. The highest BCUT2D eigenvalue weighted by Gasteiger charge is 2.34. The van der Waals surface area contributed by atoms with Crippen molar-refractivity contribution in [1.82, 2.24) is 4.90 Å². The molecule has 1 aromatic heterocycles. The van der Waals surface area contributed by atoms with Crippen LogP contribution in [0.3, 0.4) is 0 Å². The summed E-state index contributed by atoms with van der Waals surface area (Å²) in [6, 6.07) is 11.6. The van der Waals surface area contributed by atoms with Crippen molar-refractivity contribution in [1.29, 1.82) is 0 Å². The second-order valence-electron chi connectivity index (χ2n) is 6.22. The number of aliphatic hydroxyl groups is 1. The zero-order chi connectivity index (χ0) is 16.1. The van der Waals surface area contributed by atoms with Gasteiger partial charge in [0, 0.05) is 11.9 Å². The van der Waals surface area contributed by atoms with Gasteiger partial charge in [0.15, 0.2) is 0 Å². The molecule has 0 saturated heterocycles. The normalized spacial score (nSPS) is 16.2. The standard InChI is InChI=1S/C18H22N2O2S/c21-17(19-16-8-11-23-13-16)20(12-15-6-2-1-3-7-15)14-18(22)9-4-5-10-18/h1-3,6-8,11,13,22H,4-5,9-10,12,14H2,(H,19,21). The zero-order valence-corrected chi connectivity index (χ0v) is 13.9. The lowest BCUT2D eigenvalue weighted by Gasteiger charge is -2.31. The number of carbonyl (C=O) groups excluding carboxylic acids is 1. The Hall–Kier alpha value is -1.85. The van der Waals surface area contributed by atoms with Crippen LogP contribution in [0.4, 0.5) is 10.5 Å². The van der Waals surface area contributed by atoms with Crippen molar-refractivity contribution in [2.45, 2.75) is 37.8 Å². The molecule has 1 fully saturated rings. The number of amides is 2. The van der Waals surface area contributed by atoms with E-state index in [1.54, 1.807) is 16.2 Å². The third kappa shape index (κ3) is 4.33. The number of anilines is 1. The fraction of sp³-hybridized carbons (Fsp3) is 0.389. The Morgan fingerprint density at radius 1 is 1.22 bits per heavy atom. The number of rotatable bonds is 5. The van der Waals surface area contributed by atoms with Crippen LogP contribution in [0.1, 0.15) is 31.2 Å². The average Bonchev–Trinajstić information content (AvgIpc) is 3.20. The van der Waals surface area contributed by atoms with E-state index in [9.17, 15) is 9.90 Å². The minimum atomic E-state index is -0.749. The number of urea groups is 1. The quantitative estimate of drug-likeness (QED) is 0.867. The largest absolute Gasteiger partial charge is 0.388 e. The van der Waals surface area contributed by atoms with Crippen molar-refractivity contribution in [3.8, 4) is 0 Å².